The molecule has 7 nitrogen and oxygen atoms in total. The quantitative estimate of drug-likeness (QED) is 0.445. The molecule has 0 aliphatic carbocycles. The molecule has 2 heterocycles. The van der Waals surface area contributed by atoms with Gasteiger partial charge in [-0.25, -0.2) is 4.98 Å². The number of nitrogens with zero attached hydrogens (tertiary/aromatic N) is 3. The van der Waals surface area contributed by atoms with Crippen LogP contribution in [0.1, 0.15) is 18.5 Å². The monoisotopic (exact) mass is 427 g/mol. The summed E-state index contributed by atoms with van der Waals surface area (Å²) in [5.74, 6) is -1.59. The summed E-state index contributed by atoms with van der Waals surface area (Å²) in [5.41, 5.74) is 2.20. The van der Waals surface area contributed by atoms with Crippen LogP contribution in [0, 0.1) is 5.92 Å². The van der Waals surface area contributed by atoms with Crippen LogP contribution in [0.25, 0.3) is 11.0 Å². The van der Waals surface area contributed by atoms with Crippen LogP contribution in [0.3, 0.4) is 0 Å². The van der Waals surface area contributed by atoms with Gasteiger partial charge in [-0.3, -0.25) is 14.5 Å². The summed E-state index contributed by atoms with van der Waals surface area (Å²) in [7, 11) is 1.56. The highest BCUT2D eigenvalue weighted by Gasteiger charge is 2.48. The summed E-state index contributed by atoms with van der Waals surface area (Å²) in [6.07, 6.45) is 0. The third-order valence-corrected chi connectivity index (χ3v) is 5.57. The zero-order valence-corrected chi connectivity index (χ0v) is 17.5. The molecule has 0 radical (unpaired) electrons. The van der Waals surface area contributed by atoms with E-state index in [2.05, 4.69) is 0 Å². The summed E-state index contributed by atoms with van der Waals surface area (Å²) in [6, 6.07) is 14.1. The lowest BCUT2D eigenvalue weighted by atomic mass is 9.89. The summed E-state index contributed by atoms with van der Waals surface area (Å²) in [6.45, 7) is 2.47. The van der Waals surface area contributed by atoms with Gasteiger partial charge in [-0.2, -0.15) is 0 Å². The number of carbonyl (C=O) groups excluding carboxylic acids is 2. The number of methoxy groups -OCH3 is 1. The Hall–Kier alpha value is -2.90. The topological polar surface area (TPSA) is 73.7 Å². The van der Waals surface area contributed by atoms with E-state index in [1.807, 2.05) is 47.0 Å². The second kappa shape index (κ2) is 8.45. The van der Waals surface area contributed by atoms with E-state index in [0.29, 0.717) is 23.1 Å². The Balaban J connectivity index is 2.00. The first-order valence-corrected chi connectivity index (χ1v) is 10.1. The van der Waals surface area contributed by atoms with Gasteiger partial charge < -0.3 is 14.0 Å². The minimum atomic E-state index is -1.09. The largest absolute Gasteiger partial charge is 0.465 e. The van der Waals surface area contributed by atoms with Crippen molar-refractivity contribution in [3.8, 4) is 0 Å². The van der Waals surface area contributed by atoms with Gasteiger partial charge in [-0.15, -0.1) is 0 Å². The third kappa shape index (κ3) is 3.34. The number of para-hydroxylation sites is 2. The van der Waals surface area contributed by atoms with Gasteiger partial charge in [-0.05, 0) is 30.7 Å². The number of benzene rings is 2. The first-order valence-electron chi connectivity index (χ1n) is 9.76. The molecule has 0 saturated carbocycles. The lowest BCUT2D eigenvalue weighted by molar-refractivity contribution is -0.153. The molecule has 0 spiro atoms. The second-order valence-electron chi connectivity index (χ2n) is 6.95. The van der Waals surface area contributed by atoms with Crippen molar-refractivity contribution in [2.45, 2.75) is 13.0 Å². The zero-order valence-electron chi connectivity index (χ0n) is 16.7. The summed E-state index contributed by atoms with van der Waals surface area (Å²) < 4.78 is 12.4. The highest BCUT2D eigenvalue weighted by atomic mass is 35.5. The molecule has 2 aromatic carbocycles. The lowest BCUT2D eigenvalue weighted by Gasteiger charge is -2.38. The van der Waals surface area contributed by atoms with Crippen molar-refractivity contribution in [1.29, 1.82) is 0 Å². The maximum atomic E-state index is 13.6. The van der Waals surface area contributed by atoms with Gasteiger partial charge in [0, 0.05) is 12.1 Å². The zero-order chi connectivity index (χ0) is 21.3. The molecule has 1 aromatic heterocycles. The molecule has 4 rings (SSSR count). The molecular weight excluding hydrogens is 406 g/mol. The van der Waals surface area contributed by atoms with Crippen LogP contribution in [0.2, 0.25) is 5.02 Å². The van der Waals surface area contributed by atoms with E-state index in [0.717, 1.165) is 11.0 Å². The number of hydrogen-bond acceptors (Lipinski definition) is 5. The number of amides is 1. The van der Waals surface area contributed by atoms with Crippen LogP contribution in [-0.4, -0.2) is 48.3 Å². The lowest BCUT2D eigenvalue weighted by Crippen LogP contribution is -2.51. The van der Waals surface area contributed by atoms with Gasteiger partial charge in [0.15, 0.2) is 5.92 Å². The molecule has 156 valence electrons. The minimum Gasteiger partial charge on any atom is -0.465 e. The molecule has 0 bridgehead atoms. The predicted molar refractivity (Wildman–Crippen MR) is 114 cm³/mol. The highest BCUT2D eigenvalue weighted by molar-refractivity contribution is 6.31. The van der Waals surface area contributed by atoms with Crippen LogP contribution in [-0.2, 0) is 19.1 Å². The third-order valence-electron chi connectivity index (χ3n) is 5.23. The number of esters is 1. The number of fused-ring (bicyclic) bond motifs is 3. The average Bonchev–Trinajstić information content (AvgIpc) is 3.12. The Bertz CT molecular complexity index is 1100. The van der Waals surface area contributed by atoms with Gasteiger partial charge in [0.25, 0.3) is 0 Å². The van der Waals surface area contributed by atoms with E-state index in [-0.39, 0.29) is 19.1 Å². The van der Waals surface area contributed by atoms with Gasteiger partial charge in [0.05, 0.1) is 36.8 Å². The molecule has 0 fully saturated rings. The molecule has 1 aliphatic heterocycles. The normalized spacial score (nSPS) is 18.5. The number of anilines is 1. The van der Waals surface area contributed by atoms with Gasteiger partial charge in [-0.1, -0.05) is 41.9 Å². The van der Waals surface area contributed by atoms with E-state index >= 15 is 0 Å². The fourth-order valence-corrected chi connectivity index (χ4v) is 4.18. The molecular formula is C22H22ClN3O4. The Morgan fingerprint density at radius 3 is 2.63 bits per heavy atom. The molecule has 1 amide bonds. The molecule has 1 aliphatic rings. The Morgan fingerprint density at radius 1 is 1.17 bits per heavy atom. The molecule has 0 N–H and O–H groups in total. The van der Waals surface area contributed by atoms with Gasteiger partial charge in [0.1, 0.15) is 0 Å². The number of imidazole rings is 1. The number of ether oxygens (including phenoxy) is 2. The number of aromatic nitrogens is 2. The number of halogens is 1. The minimum absolute atomic E-state index is 0.174. The van der Waals surface area contributed by atoms with E-state index in [9.17, 15) is 9.59 Å². The number of carbonyl (C=O) groups is 2. The maximum absolute atomic E-state index is 13.6. The van der Waals surface area contributed by atoms with E-state index in [4.69, 9.17) is 26.1 Å². The average molecular weight is 428 g/mol. The highest BCUT2D eigenvalue weighted by Crippen LogP contribution is 2.42. The van der Waals surface area contributed by atoms with E-state index < -0.39 is 17.9 Å². The van der Waals surface area contributed by atoms with Crippen LogP contribution < -0.4 is 4.90 Å². The Labute approximate surface area is 179 Å². The molecule has 3 aromatic rings. The maximum Gasteiger partial charge on any atom is 0.321 e. The van der Waals surface area contributed by atoms with Crippen LogP contribution in [0.4, 0.5) is 5.95 Å². The predicted octanol–water partition coefficient (Wildman–Crippen LogP) is 3.45. The Kier molecular flexibility index (Phi) is 5.74. The van der Waals surface area contributed by atoms with Gasteiger partial charge >= 0.3 is 5.97 Å². The van der Waals surface area contributed by atoms with E-state index in [1.54, 1.807) is 20.1 Å². The Morgan fingerprint density at radius 2 is 1.90 bits per heavy atom. The molecule has 30 heavy (non-hydrogen) atoms. The van der Waals surface area contributed by atoms with Crippen molar-refractivity contribution in [2.24, 2.45) is 5.92 Å². The van der Waals surface area contributed by atoms with Crippen molar-refractivity contribution in [2.75, 3.05) is 31.8 Å². The summed E-state index contributed by atoms with van der Waals surface area (Å²) in [4.78, 5) is 32.8. The number of rotatable bonds is 6. The van der Waals surface area contributed by atoms with Crippen LogP contribution >= 0.6 is 11.6 Å². The summed E-state index contributed by atoms with van der Waals surface area (Å²) >= 11 is 6.53. The van der Waals surface area contributed by atoms with Crippen molar-refractivity contribution in [3.63, 3.8) is 0 Å². The first kappa shape index (κ1) is 20.4. The summed E-state index contributed by atoms with van der Waals surface area (Å²) in [5, 5.41) is 0.471. The van der Waals surface area contributed by atoms with Crippen LogP contribution in [0.5, 0.6) is 0 Å². The smallest absolute Gasteiger partial charge is 0.321 e. The van der Waals surface area contributed by atoms with E-state index in [1.165, 1.54) is 4.90 Å². The van der Waals surface area contributed by atoms with Crippen LogP contribution in [0.15, 0.2) is 48.5 Å². The van der Waals surface area contributed by atoms with Crippen molar-refractivity contribution < 1.29 is 19.1 Å². The van der Waals surface area contributed by atoms with Crippen molar-refractivity contribution in [3.05, 3.63) is 59.1 Å². The van der Waals surface area contributed by atoms with Gasteiger partial charge in [0.2, 0.25) is 11.9 Å². The molecule has 2 atom stereocenters. The first-order chi connectivity index (χ1) is 14.6. The fraction of sp³-hybridized carbons (Fsp3) is 0.318. The molecule has 8 heteroatoms. The second-order valence-corrected chi connectivity index (χ2v) is 7.36. The molecule has 0 saturated heterocycles. The number of hydrogen-bond donors (Lipinski definition) is 0. The van der Waals surface area contributed by atoms with Crippen molar-refractivity contribution in [1.82, 2.24) is 9.55 Å². The van der Waals surface area contributed by atoms with Crippen molar-refractivity contribution >= 4 is 40.5 Å². The SMILES string of the molecule is CCOC(=O)[C@@H]1C(=O)N(CCOC)c2nc3ccccc3n2[C@@H]1c1ccccc1Cl. The standard InChI is InChI=1S/C22H22ClN3O4/c1-3-30-21(28)18-19(14-8-4-5-9-15(14)23)26-17-11-7-6-10-16(17)24-22(26)25(20(18)27)12-13-29-2/h4-11,18-19H,3,12-13H2,1-2H3/t18-,19+/m0/s1. The molecule has 0 unspecified atom stereocenters. The fourth-order valence-electron chi connectivity index (χ4n) is 3.94.